The van der Waals surface area contributed by atoms with Crippen LogP contribution in [0.3, 0.4) is 0 Å². The van der Waals surface area contributed by atoms with Crippen molar-refractivity contribution >= 4 is 11.5 Å². The number of hydrogen-bond donors (Lipinski definition) is 2. The highest BCUT2D eigenvalue weighted by molar-refractivity contribution is 5.66. The molecule has 2 fully saturated rings. The summed E-state index contributed by atoms with van der Waals surface area (Å²) < 4.78 is 5.99. The van der Waals surface area contributed by atoms with Crippen LogP contribution >= 0.6 is 0 Å². The molecule has 7 nitrogen and oxygen atoms in total. The molecule has 2 heterocycles. The van der Waals surface area contributed by atoms with Crippen LogP contribution in [0.4, 0.5) is 11.5 Å². The maximum atomic E-state index is 6.20. The van der Waals surface area contributed by atoms with E-state index in [2.05, 4.69) is 32.4 Å². The van der Waals surface area contributed by atoms with Crippen LogP contribution in [0, 0.1) is 0 Å². The molecule has 2 aliphatic rings. The average molecular weight is 306 g/mol. The first-order valence-corrected chi connectivity index (χ1v) is 8.19. The van der Waals surface area contributed by atoms with Gasteiger partial charge in [-0.15, -0.1) is 0 Å². The summed E-state index contributed by atoms with van der Waals surface area (Å²) in [4.78, 5) is 10.8. The van der Waals surface area contributed by atoms with Gasteiger partial charge in [0.2, 0.25) is 5.88 Å². The zero-order valence-corrected chi connectivity index (χ0v) is 13.3. The molecule has 3 N–H and O–H groups in total. The third-order valence-corrected chi connectivity index (χ3v) is 4.45. The Kier molecular flexibility index (Phi) is 4.94. The highest BCUT2D eigenvalue weighted by atomic mass is 16.5. The van der Waals surface area contributed by atoms with Crippen LogP contribution in [0.15, 0.2) is 6.33 Å². The fraction of sp³-hybridized carbons (Fsp3) is 0.733. The number of rotatable bonds is 4. The summed E-state index contributed by atoms with van der Waals surface area (Å²) in [5, 5.41) is 2.14. The maximum absolute atomic E-state index is 6.20. The second-order valence-electron chi connectivity index (χ2n) is 6.22. The van der Waals surface area contributed by atoms with Gasteiger partial charge in [0.25, 0.3) is 0 Å². The second kappa shape index (κ2) is 7.11. The third kappa shape index (κ3) is 3.78. The van der Waals surface area contributed by atoms with Crippen molar-refractivity contribution in [2.75, 3.05) is 44.4 Å². The van der Waals surface area contributed by atoms with E-state index in [4.69, 9.17) is 10.5 Å². The molecule has 0 amide bonds. The minimum absolute atomic E-state index is 0.238. The molecule has 122 valence electrons. The molecule has 1 saturated carbocycles. The Bertz CT molecular complexity index is 483. The van der Waals surface area contributed by atoms with Gasteiger partial charge in [0.05, 0.1) is 0 Å². The van der Waals surface area contributed by atoms with E-state index < -0.39 is 0 Å². The molecule has 0 atom stereocenters. The molecule has 0 unspecified atom stereocenters. The number of ether oxygens (including phenoxy) is 1. The minimum Gasteiger partial charge on any atom is -0.473 e. The van der Waals surface area contributed by atoms with Crippen LogP contribution in [0.25, 0.3) is 0 Å². The fourth-order valence-electron chi connectivity index (χ4n) is 2.97. The molecule has 3 rings (SSSR count). The predicted octanol–water partition coefficient (Wildman–Crippen LogP) is 1.34. The average Bonchev–Trinajstić information content (AvgIpc) is 2.54. The number of nitrogen functional groups attached to an aromatic ring is 1. The van der Waals surface area contributed by atoms with Gasteiger partial charge in [0.15, 0.2) is 5.82 Å². The lowest BCUT2D eigenvalue weighted by atomic mass is 9.98. The van der Waals surface area contributed by atoms with Crippen LogP contribution in [-0.2, 0) is 0 Å². The Labute approximate surface area is 131 Å². The molecule has 0 radical (unpaired) electrons. The van der Waals surface area contributed by atoms with Gasteiger partial charge in [-0.2, -0.15) is 4.98 Å². The monoisotopic (exact) mass is 306 g/mol. The molecular formula is C15H26N6O. The number of nitrogens with one attached hydrogen (secondary N) is 1. The topological polar surface area (TPSA) is 79.5 Å². The van der Waals surface area contributed by atoms with Crippen molar-refractivity contribution in [3.8, 4) is 5.88 Å². The number of piperazine rings is 1. The van der Waals surface area contributed by atoms with E-state index in [-0.39, 0.29) is 6.10 Å². The summed E-state index contributed by atoms with van der Waals surface area (Å²) in [6, 6.07) is 0. The Morgan fingerprint density at radius 1 is 1.14 bits per heavy atom. The lowest BCUT2D eigenvalue weighted by Gasteiger charge is -2.33. The van der Waals surface area contributed by atoms with E-state index in [9.17, 15) is 0 Å². The number of likely N-dealkylation sites (N-methyl/N-ethyl adjacent to an activating group) is 1. The molecule has 0 aromatic carbocycles. The van der Waals surface area contributed by atoms with E-state index in [0.29, 0.717) is 17.4 Å². The molecule has 1 saturated heterocycles. The van der Waals surface area contributed by atoms with Crippen LogP contribution in [0.1, 0.15) is 32.1 Å². The van der Waals surface area contributed by atoms with Crippen molar-refractivity contribution in [2.24, 2.45) is 0 Å². The second-order valence-corrected chi connectivity index (χ2v) is 6.22. The Morgan fingerprint density at radius 3 is 2.59 bits per heavy atom. The highest BCUT2D eigenvalue weighted by Crippen LogP contribution is 2.29. The summed E-state index contributed by atoms with van der Waals surface area (Å²) in [6.45, 7) is 3.95. The number of hydrazine groups is 1. The number of anilines is 2. The number of hydrogen-bond acceptors (Lipinski definition) is 7. The van der Waals surface area contributed by atoms with Crippen molar-refractivity contribution in [1.82, 2.24) is 19.9 Å². The van der Waals surface area contributed by atoms with Gasteiger partial charge in [-0.3, -0.25) is 0 Å². The van der Waals surface area contributed by atoms with Gasteiger partial charge in [0.1, 0.15) is 18.1 Å². The molecule has 1 aliphatic heterocycles. The van der Waals surface area contributed by atoms with Crippen LogP contribution in [0.2, 0.25) is 0 Å². The number of aromatic nitrogens is 2. The third-order valence-electron chi connectivity index (χ3n) is 4.45. The van der Waals surface area contributed by atoms with Crippen LogP contribution in [-0.4, -0.2) is 59.2 Å². The van der Waals surface area contributed by atoms with Gasteiger partial charge in [-0.05, 0) is 32.7 Å². The Morgan fingerprint density at radius 2 is 1.86 bits per heavy atom. The predicted molar refractivity (Wildman–Crippen MR) is 86.6 cm³/mol. The molecule has 7 heteroatoms. The molecule has 1 aromatic rings. The maximum Gasteiger partial charge on any atom is 0.242 e. The van der Waals surface area contributed by atoms with Crippen molar-refractivity contribution in [1.29, 1.82) is 0 Å². The number of nitrogens with zero attached hydrogens (tertiary/aromatic N) is 4. The standard InChI is InChI=1S/C15H26N6O/c1-20-7-9-21(10-8-20)19-14-13(16)15(18-11-17-14)22-12-5-3-2-4-6-12/h11-12H,2-10,16H2,1H3,(H,17,18,19). The molecule has 1 aliphatic carbocycles. The lowest BCUT2D eigenvalue weighted by Crippen LogP contribution is -2.47. The smallest absolute Gasteiger partial charge is 0.242 e. The van der Waals surface area contributed by atoms with Crippen molar-refractivity contribution < 1.29 is 4.74 Å². The molecular weight excluding hydrogens is 280 g/mol. The first kappa shape index (κ1) is 15.3. The summed E-state index contributed by atoms with van der Waals surface area (Å²) in [5.74, 6) is 1.16. The van der Waals surface area contributed by atoms with E-state index >= 15 is 0 Å². The normalized spacial score (nSPS) is 21.7. The summed E-state index contributed by atoms with van der Waals surface area (Å²) in [5.41, 5.74) is 10.00. The summed E-state index contributed by atoms with van der Waals surface area (Å²) in [6.07, 6.45) is 7.68. The van der Waals surface area contributed by atoms with Gasteiger partial charge in [-0.25, -0.2) is 9.99 Å². The first-order valence-electron chi connectivity index (χ1n) is 8.19. The Balaban J connectivity index is 1.63. The van der Waals surface area contributed by atoms with Crippen molar-refractivity contribution in [2.45, 2.75) is 38.2 Å². The van der Waals surface area contributed by atoms with Gasteiger partial charge in [-0.1, -0.05) is 6.42 Å². The largest absolute Gasteiger partial charge is 0.473 e. The molecule has 0 spiro atoms. The zero-order valence-electron chi connectivity index (χ0n) is 13.3. The minimum atomic E-state index is 0.238. The SMILES string of the molecule is CN1CCN(Nc2ncnc(OC3CCCCC3)c2N)CC1. The van der Waals surface area contributed by atoms with Crippen molar-refractivity contribution in [3.05, 3.63) is 6.33 Å². The zero-order chi connectivity index (χ0) is 15.4. The van der Waals surface area contributed by atoms with E-state index in [1.807, 2.05) is 0 Å². The molecule has 0 bridgehead atoms. The van der Waals surface area contributed by atoms with Gasteiger partial charge in [0, 0.05) is 26.2 Å². The van der Waals surface area contributed by atoms with E-state index in [1.54, 1.807) is 0 Å². The summed E-state index contributed by atoms with van der Waals surface area (Å²) >= 11 is 0. The van der Waals surface area contributed by atoms with Gasteiger partial charge < -0.3 is 20.8 Å². The molecule has 22 heavy (non-hydrogen) atoms. The fourth-order valence-corrected chi connectivity index (χ4v) is 2.97. The van der Waals surface area contributed by atoms with E-state index in [1.165, 1.54) is 25.6 Å². The number of nitrogens with two attached hydrogens (primary N) is 1. The first-order chi connectivity index (χ1) is 10.7. The Hall–Kier alpha value is -1.60. The highest BCUT2D eigenvalue weighted by Gasteiger charge is 2.20. The van der Waals surface area contributed by atoms with Gasteiger partial charge >= 0.3 is 0 Å². The van der Waals surface area contributed by atoms with E-state index in [0.717, 1.165) is 39.0 Å². The quantitative estimate of drug-likeness (QED) is 0.869. The lowest BCUT2D eigenvalue weighted by molar-refractivity contribution is 0.149. The van der Waals surface area contributed by atoms with Crippen LogP contribution < -0.4 is 15.9 Å². The van der Waals surface area contributed by atoms with Crippen LogP contribution in [0.5, 0.6) is 5.88 Å². The summed E-state index contributed by atoms with van der Waals surface area (Å²) in [7, 11) is 2.13. The molecule has 1 aromatic heterocycles. The van der Waals surface area contributed by atoms with Crippen molar-refractivity contribution in [3.63, 3.8) is 0 Å².